The molecule has 1 aromatic rings. The SMILES string of the molecule is N#C/C(=N\Nc1ccc(C(=O)N2CCCC2)cc1)C(=N)N. The minimum absolute atomic E-state index is 0.0315. The maximum Gasteiger partial charge on any atom is 0.253 e. The fraction of sp³-hybridized carbons (Fsp3) is 0.286. The first-order valence-electron chi connectivity index (χ1n) is 6.59. The molecule has 0 unspecified atom stereocenters. The average Bonchev–Trinajstić information content (AvgIpc) is 3.01. The quantitative estimate of drug-likeness (QED) is 0.436. The Morgan fingerprint density at radius 3 is 2.48 bits per heavy atom. The third kappa shape index (κ3) is 3.57. The molecule has 1 amide bonds. The lowest BCUT2D eigenvalue weighted by atomic mass is 10.2. The average molecular weight is 284 g/mol. The van der Waals surface area contributed by atoms with E-state index in [1.165, 1.54) is 0 Å². The van der Waals surface area contributed by atoms with Crippen LogP contribution in [0.5, 0.6) is 0 Å². The van der Waals surface area contributed by atoms with Crippen LogP contribution in [-0.2, 0) is 0 Å². The number of benzene rings is 1. The molecule has 0 aromatic heterocycles. The van der Waals surface area contributed by atoms with Crippen molar-refractivity contribution in [2.45, 2.75) is 12.8 Å². The standard InChI is InChI=1S/C14H16N6O/c15-9-12(13(16)17)19-18-11-5-3-10(4-6-11)14(21)20-7-1-2-8-20/h3-6,18H,1-2,7-8H2,(H3,16,17)/b19-12+. The Morgan fingerprint density at radius 1 is 1.33 bits per heavy atom. The van der Waals surface area contributed by atoms with Gasteiger partial charge in [0.05, 0.1) is 5.69 Å². The van der Waals surface area contributed by atoms with E-state index in [0.29, 0.717) is 11.3 Å². The first-order valence-corrected chi connectivity index (χ1v) is 6.59. The largest absolute Gasteiger partial charge is 0.382 e. The van der Waals surface area contributed by atoms with Gasteiger partial charge in [0, 0.05) is 18.7 Å². The first-order chi connectivity index (χ1) is 10.1. The molecule has 21 heavy (non-hydrogen) atoms. The third-order valence-corrected chi connectivity index (χ3v) is 3.18. The molecule has 0 radical (unpaired) electrons. The van der Waals surface area contributed by atoms with Crippen molar-refractivity contribution in [2.24, 2.45) is 10.8 Å². The summed E-state index contributed by atoms with van der Waals surface area (Å²) in [4.78, 5) is 14.0. The lowest BCUT2D eigenvalue weighted by molar-refractivity contribution is 0.0793. The van der Waals surface area contributed by atoms with Crippen molar-refractivity contribution in [3.05, 3.63) is 29.8 Å². The Hall–Kier alpha value is -2.88. The summed E-state index contributed by atoms with van der Waals surface area (Å²) in [5.41, 5.74) is 8.87. The molecule has 0 bridgehead atoms. The van der Waals surface area contributed by atoms with Gasteiger partial charge in [-0.25, -0.2) is 0 Å². The van der Waals surface area contributed by atoms with Gasteiger partial charge in [-0.2, -0.15) is 10.4 Å². The lowest BCUT2D eigenvalue weighted by Gasteiger charge is -2.15. The minimum atomic E-state index is -0.397. The van der Waals surface area contributed by atoms with E-state index in [0.717, 1.165) is 25.9 Å². The molecule has 1 aliphatic rings. The molecule has 1 aliphatic heterocycles. The van der Waals surface area contributed by atoms with Gasteiger partial charge in [0.2, 0.25) is 5.71 Å². The number of rotatable bonds is 4. The summed E-state index contributed by atoms with van der Waals surface area (Å²) in [5.74, 6) is -0.366. The van der Waals surface area contributed by atoms with E-state index in [9.17, 15) is 4.79 Å². The Labute approximate surface area is 122 Å². The molecular weight excluding hydrogens is 268 g/mol. The third-order valence-electron chi connectivity index (χ3n) is 3.18. The summed E-state index contributed by atoms with van der Waals surface area (Å²) in [6.45, 7) is 1.63. The van der Waals surface area contributed by atoms with E-state index in [2.05, 4.69) is 10.5 Å². The van der Waals surface area contributed by atoms with Crippen molar-refractivity contribution in [3.8, 4) is 6.07 Å². The molecule has 2 rings (SSSR count). The molecule has 0 saturated carbocycles. The van der Waals surface area contributed by atoms with Crippen molar-refractivity contribution >= 4 is 23.1 Å². The number of anilines is 1. The number of nitrogens with one attached hydrogen (secondary N) is 2. The Morgan fingerprint density at radius 2 is 1.95 bits per heavy atom. The summed E-state index contributed by atoms with van der Waals surface area (Å²) in [7, 11) is 0. The van der Waals surface area contributed by atoms with Crippen molar-refractivity contribution in [3.63, 3.8) is 0 Å². The minimum Gasteiger partial charge on any atom is -0.382 e. The number of amides is 1. The van der Waals surface area contributed by atoms with Gasteiger partial charge in [-0.15, -0.1) is 0 Å². The van der Waals surface area contributed by atoms with E-state index in [4.69, 9.17) is 16.4 Å². The van der Waals surface area contributed by atoms with Crippen molar-refractivity contribution < 1.29 is 4.79 Å². The van der Waals surface area contributed by atoms with Crippen LogP contribution >= 0.6 is 0 Å². The molecule has 1 saturated heterocycles. The summed E-state index contributed by atoms with van der Waals surface area (Å²) in [6, 6.07) is 8.52. The summed E-state index contributed by atoms with van der Waals surface area (Å²) in [5, 5.41) is 19.6. The second kappa shape index (κ2) is 6.52. The molecule has 7 heteroatoms. The van der Waals surface area contributed by atoms with Crippen molar-refractivity contribution in [2.75, 3.05) is 18.5 Å². The number of hydrogen-bond acceptors (Lipinski definition) is 5. The van der Waals surface area contributed by atoms with E-state index in [-0.39, 0.29) is 11.6 Å². The van der Waals surface area contributed by atoms with Gasteiger partial charge in [-0.1, -0.05) is 0 Å². The first kappa shape index (κ1) is 14.5. The van der Waals surface area contributed by atoms with Crippen LogP contribution in [0, 0.1) is 16.7 Å². The van der Waals surface area contributed by atoms with Crippen molar-refractivity contribution in [1.29, 1.82) is 10.7 Å². The molecule has 0 aliphatic carbocycles. The zero-order valence-electron chi connectivity index (χ0n) is 11.5. The van der Waals surface area contributed by atoms with Crippen LogP contribution in [-0.4, -0.2) is 35.4 Å². The zero-order chi connectivity index (χ0) is 15.2. The Bertz CT molecular complexity index is 607. The molecule has 4 N–H and O–H groups in total. The molecule has 1 fully saturated rings. The summed E-state index contributed by atoms with van der Waals surface area (Å²) < 4.78 is 0. The lowest BCUT2D eigenvalue weighted by Crippen LogP contribution is -2.27. The van der Waals surface area contributed by atoms with Gasteiger partial charge in [0.15, 0.2) is 5.84 Å². The van der Waals surface area contributed by atoms with Crippen molar-refractivity contribution in [1.82, 2.24) is 4.90 Å². The zero-order valence-corrected chi connectivity index (χ0v) is 11.5. The number of hydrogen-bond donors (Lipinski definition) is 3. The number of nitrogens with zero attached hydrogens (tertiary/aromatic N) is 3. The number of nitriles is 1. The summed E-state index contributed by atoms with van der Waals surface area (Å²) in [6.07, 6.45) is 2.12. The normalized spacial score (nSPS) is 14.6. The van der Waals surface area contributed by atoms with Crippen LogP contribution in [0.1, 0.15) is 23.2 Å². The fourth-order valence-electron chi connectivity index (χ4n) is 2.06. The monoisotopic (exact) mass is 284 g/mol. The maximum absolute atomic E-state index is 12.2. The van der Waals surface area contributed by atoms with Gasteiger partial charge in [-0.05, 0) is 37.1 Å². The summed E-state index contributed by atoms with van der Waals surface area (Å²) >= 11 is 0. The number of hydrazone groups is 1. The molecule has 108 valence electrons. The van der Waals surface area contributed by atoms with Crippen LogP contribution < -0.4 is 11.2 Å². The Balaban J connectivity index is 2.04. The number of amidine groups is 1. The highest BCUT2D eigenvalue weighted by atomic mass is 16.2. The highest BCUT2D eigenvalue weighted by Crippen LogP contribution is 2.15. The maximum atomic E-state index is 12.2. The molecular formula is C14H16N6O. The van der Waals surface area contributed by atoms with Gasteiger partial charge in [0.25, 0.3) is 5.91 Å². The Kier molecular flexibility index (Phi) is 4.51. The van der Waals surface area contributed by atoms with E-state index >= 15 is 0 Å². The molecule has 0 spiro atoms. The van der Waals surface area contributed by atoms with Gasteiger partial charge in [-0.3, -0.25) is 15.6 Å². The van der Waals surface area contributed by atoms with E-state index in [1.54, 1.807) is 30.3 Å². The highest BCUT2D eigenvalue weighted by molar-refractivity contribution is 6.45. The second-order valence-electron chi connectivity index (χ2n) is 4.67. The highest BCUT2D eigenvalue weighted by Gasteiger charge is 2.19. The number of carbonyl (C=O) groups is 1. The van der Waals surface area contributed by atoms with Crippen LogP contribution in [0.25, 0.3) is 0 Å². The predicted octanol–water partition coefficient (Wildman–Crippen LogP) is 1.15. The number of likely N-dealkylation sites (tertiary alicyclic amines) is 1. The van der Waals surface area contributed by atoms with Gasteiger partial charge < -0.3 is 10.6 Å². The van der Waals surface area contributed by atoms with Crippen LogP contribution in [0.4, 0.5) is 5.69 Å². The molecule has 1 aromatic carbocycles. The number of nitrogens with two attached hydrogens (primary N) is 1. The van der Waals surface area contributed by atoms with Crippen LogP contribution in [0.3, 0.4) is 0 Å². The van der Waals surface area contributed by atoms with E-state index in [1.807, 2.05) is 4.90 Å². The predicted molar refractivity (Wildman–Crippen MR) is 80.2 cm³/mol. The molecule has 1 heterocycles. The van der Waals surface area contributed by atoms with Crippen LogP contribution in [0.2, 0.25) is 0 Å². The van der Waals surface area contributed by atoms with Gasteiger partial charge >= 0.3 is 0 Å². The fourth-order valence-corrected chi connectivity index (χ4v) is 2.06. The van der Waals surface area contributed by atoms with Crippen LogP contribution in [0.15, 0.2) is 29.4 Å². The smallest absolute Gasteiger partial charge is 0.253 e. The number of carbonyl (C=O) groups excluding carboxylic acids is 1. The molecule has 7 nitrogen and oxygen atoms in total. The topological polar surface area (TPSA) is 118 Å². The molecule has 0 atom stereocenters. The van der Waals surface area contributed by atoms with E-state index < -0.39 is 5.84 Å². The van der Waals surface area contributed by atoms with Gasteiger partial charge in [0.1, 0.15) is 6.07 Å². The second-order valence-corrected chi connectivity index (χ2v) is 4.67.